The van der Waals surface area contributed by atoms with Crippen molar-refractivity contribution in [2.45, 2.75) is 45.8 Å². The molecule has 1 aromatic carbocycles. The van der Waals surface area contributed by atoms with E-state index in [4.69, 9.17) is 10.00 Å². The molecule has 0 aliphatic heterocycles. The maximum atomic E-state index is 13.9. The Morgan fingerprint density at radius 3 is 2.68 bits per heavy atom. The summed E-state index contributed by atoms with van der Waals surface area (Å²) in [5, 5.41) is 12.1. The fourth-order valence-electron chi connectivity index (χ4n) is 1.71. The zero-order valence-corrected chi connectivity index (χ0v) is 11.7. The van der Waals surface area contributed by atoms with Crippen molar-refractivity contribution in [3.63, 3.8) is 0 Å². The first-order valence-electron chi connectivity index (χ1n) is 6.71. The van der Waals surface area contributed by atoms with Crippen LogP contribution >= 0.6 is 0 Å². The van der Waals surface area contributed by atoms with Crippen LogP contribution in [-0.4, -0.2) is 12.6 Å². The lowest BCUT2D eigenvalue weighted by Crippen LogP contribution is -2.19. The van der Waals surface area contributed by atoms with E-state index < -0.39 is 11.9 Å². The lowest BCUT2D eigenvalue weighted by atomic mass is 10.1. The number of hydrogen-bond donors (Lipinski definition) is 1. The Hall–Kier alpha value is -1.60. The third-order valence-corrected chi connectivity index (χ3v) is 2.94. The minimum Gasteiger partial charge on any atom is -0.473 e. The Labute approximate surface area is 114 Å². The number of nitrogens with zero attached hydrogens (tertiary/aromatic N) is 1. The summed E-state index contributed by atoms with van der Waals surface area (Å²) in [7, 11) is 0. The fraction of sp³-hybridized carbons (Fsp3) is 0.533. The van der Waals surface area contributed by atoms with E-state index >= 15 is 0 Å². The molecule has 1 rings (SSSR count). The molecule has 2 unspecified atom stereocenters. The molecule has 0 aliphatic rings. The average Bonchev–Trinajstić information content (AvgIpc) is 2.43. The SMILES string of the molecule is CCCNC(C)c1ccc(OC(C#N)CC)c(F)c1. The molecule has 0 spiro atoms. The van der Waals surface area contributed by atoms with Crippen LogP contribution < -0.4 is 10.1 Å². The van der Waals surface area contributed by atoms with E-state index in [1.54, 1.807) is 6.07 Å². The quantitative estimate of drug-likeness (QED) is 0.819. The smallest absolute Gasteiger partial charge is 0.184 e. The monoisotopic (exact) mass is 264 g/mol. The highest BCUT2D eigenvalue weighted by Gasteiger charge is 2.13. The maximum Gasteiger partial charge on any atom is 0.184 e. The molecule has 0 aliphatic carbocycles. The Kier molecular flexibility index (Phi) is 6.31. The summed E-state index contributed by atoms with van der Waals surface area (Å²) in [4.78, 5) is 0. The third-order valence-electron chi connectivity index (χ3n) is 2.94. The van der Waals surface area contributed by atoms with Gasteiger partial charge >= 0.3 is 0 Å². The molecule has 0 radical (unpaired) electrons. The summed E-state index contributed by atoms with van der Waals surface area (Å²) in [6.45, 7) is 6.81. The van der Waals surface area contributed by atoms with Gasteiger partial charge in [0.05, 0.1) is 0 Å². The molecular weight excluding hydrogens is 243 g/mol. The zero-order chi connectivity index (χ0) is 14.3. The van der Waals surface area contributed by atoms with Gasteiger partial charge in [0, 0.05) is 6.04 Å². The molecule has 1 N–H and O–H groups in total. The second kappa shape index (κ2) is 7.75. The molecular formula is C15H21FN2O. The maximum absolute atomic E-state index is 13.9. The van der Waals surface area contributed by atoms with Crippen molar-refractivity contribution in [3.8, 4) is 11.8 Å². The van der Waals surface area contributed by atoms with Crippen molar-refractivity contribution in [2.24, 2.45) is 0 Å². The Morgan fingerprint density at radius 2 is 2.16 bits per heavy atom. The normalized spacial score (nSPS) is 13.6. The predicted octanol–water partition coefficient (Wildman–Crippen LogP) is 3.57. The van der Waals surface area contributed by atoms with Crippen molar-refractivity contribution in [2.75, 3.05) is 6.54 Å². The topological polar surface area (TPSA) is 45.0 Å². The molecule has 19 heavy (non-hydrogen) atoms. The summed E-state index contributed by atoms with van der Waals surface area (Å²) in [5.41, 5.74) is 0.878. The van der Waals surface area contributed by atoms with Crippen LogP contribution in [0, 0.1) is 17.1 Å². The fourth-order valence-corrected chi connectivity index (χ4v) is 1.71. The van der Waals surface area contributed by atoms with Crippen molar-refractivity contribution >= 4 is 0 Å². The van der Waals surface area contributed by atoms with Gasteiger partial charge < -0.3 is 10.1 Å². The van der Waals surface area contributed by atoms with E-state index in [-0.39, 0.29) is 11.8 Å². The number of hydrogen-bond acceptors (Lipinski definition) is 3. The predicted molar refractivity (Wildman–Crippen MR) is 73.4 cm³/mol. The van der Waals surface area contributed by atoms with Gasteiger partial charge in [0.15, 0.2) is 17.7 Å². The molecule has 0 saturated carbocycles. The number of nitrogens with one attached hydrogen (secondary N) is 1. The van der Waals surface area contributed by atoms with Gasteiger partial charge in [0.25, 0.3) is 0 Å². The molecule has 3 nitrogen and oxygen atoms in total. The largest absolute Gasteiger partial charge is 0.473 e. The number of rotatable bonds is 7. The van der Waals surface area contributed by atoms with Crippen LogP contribution in [0.5, 0.6) is 5.75 Å². The second-order valence-corrected chi connectivity index (χ2v) is 4.51. The summed E-state index contributed by atoms with van der Waals surface area (Å²) in [6, 6.07) is 6.98. The van der Waals surface area contributed by atoms with E-state index in [0.29, 0.717) is 6.42 Å². The van der Waals surface area contributed by atoms with Gasteiger partial charge in [0.1, 0.15) is 6.07 Å². The molecule has 2 atom stereocenters. The Bertz CT molecular complexity index is 442. The standard InChI is InChI=1S/C15H21FN2O/c1-4-8-18-11(3)12-6-7-15(14(16)9-12)19-13(5-2)10-17/h6-7,9,11,13,18H,4-5,8H2,1-3H3. The average molecular weight is 264 g/mol. The molecule has 104 valence electrons. The van der Waals surface area contributed by atoms with E-state index in [0.717, 1.165) is 18.5 Å². The van der Waals surface area contributed by atoms with Crippen LogP contribution in [0.2, 0.25) is 0 Å². The molecule has 0 amide bonds. The lowest BCUT2D eigenvalue weighted by molar-refractivity contribution is 0.240. The molecule has 0 bridgehead atoms. The zero-order valence-electron chi connectivity index (χ0n) is 11.7. The first-order valence-corrected chi connectivity index (χ1v) is 6.71. The van der Waals surface area contributed by atoms with Gasteiger partial charge in [-0.2, -0.15) is 5.26 Å². The first-order chi connectivity index (χ1) is 9.12. The minimum absolute atomic E-state index is 0.0986. The molecule has 1 aromatic rings. The third kappa shape index (κ3) is 4.53. The van der Waals surface area contributed by atoms with Crippen LogP contribution in [0.3, 0.4) is 0 Å². The van der Waals surface area contributed by atoms with E-state index in [1.165, 1.54) is 6.07 Å². The van der Waals surface area contributed by atoms with Crippen LogP contribution in [0.15, 0.2) is 18.2 Å². The van der Waals surface area contributed by atoms with Crippen molar-refractivity contribution in [1.82, 2.24) is 5.32 Å². The van der Waals surface area contributed by atoms with Crippen molar-refractivity contribution in [1.29, 1.82) is 5.26 Å². The van der Waals surface area contributed by atoms with E-state index in [2.05, 4.69) is 12.2 Å². The Morgan fingerprint density at radius 1 is 1.42 bits per heavy atom. The number of nitriles is 1. The minimum atomic E-state index is -0.601. The van der Waals surface area contributed by atoms with Gasteiger partial charge in [-0.25, -0.2) is 4.39 Å². The Balaban J connectivity index is 2.77. The highest BCUT2D eigenvalue weighted by Crippen LogP contribution is 2.23. The summed E-state index contributed by atoms with van der Waals surface area (Å²) >= 11 is 0. The van der Waals surface area contributed by atoms with Gasteiger partial charge in [-0.3, -0.25) is 0 Å². The van der Waals surface area contributed by atoms with E-state index in [1.807, 2.05) is 26.0 Å². The molecule has 0 aromatic heterocycles. The number of ether oxygens (including phenoxy) is 1. The highest BCUT2D eigenvalue weighted by molar-refractivity contribution is 5.31. The molecule has 0 heterocycles. The van der Waals surface area contributed by atoms with Gasteiger partial charge in [-0.15, -0.1) is 0 Å². The molecule has 0 saturated heterocycles. The van der Waals surface area contributed by atoms with Crippen LogP contribution in [0.25, 0.3) is 0 Å². The van der Waals surface area contributed by atoms with Crippen molar-refractivity contribution in [3.05, 3.63) is 29.6 Å². The summed E-state index contributed by atoms with van der Waals surface area (Å²) in [6.07, 6.45) is 0.969. The second-order valence-electron chi connectivity index (χ2n) is 4.51. The van der Waals surface area contributed by atoms with Crippen LogP contribution in [0.4, 0.5) is 4.39 Å². The van der Waals surface area contributed by atoms with Crippen LogP contribution in [-0.2, 0) is 0 Å². The number of benzene rings is 1. The number of halogens is 1. The molecule has 0 fully saturated rings. The van der Waals surface area contributed by atoms with E-state index in [9.17, 15) is 4.39 Å². The first kappa shape index (κ1) is 15.5. The van der Waals surface area contributed by atoms with Gasteiger partial charge in [-0.05, 0) is 44.0 Å². The van der Waals surface area contributed by atoms with Crippen LogP contribution in [0.1, 0.15) is 45.2 Å². The molecule has 4 heteroatoms. The summed E-state index contributed by atoms with van der Waals surface area (Å²) < 4.78 is 19.2. The van der Waals surface area contributed by atoms with Crippen molar-refractivity contribution < 1.29 is 9.13 Å². The lowest BCUT2D eigenvalue weighted by Gasteiger charge is -2.16. The van der Waals surface area contributed by atoms with Gasteiger partial charge in [-0.1, -0.05) is 19.9 Å². The summed E-state index contributed by atoms with van der Waals surface area (Å²) in [5.74, 6) is -0.281. The highest BCUT2D eigenvalue weighted by atomic mass is 19.1. The van der Waals surface area contributed by atoms with Gasteiger partial charge in [0.2, 0.25) is 0 Å².